The third-order valence-electron chi connectivity index (χ3n) is 11.3. The van der Waals surface area contributed by atoms with Gasteiger partial charge >= 0.3 is 6.03 Å². The van der Waals surface area contributed by atoms with E-state index in [1.807, 2.05) is 0 Å². The number of hydrogen-bond acceptors (Lipinski definition) is 5. The van der Waals surface area contributed by atoms with Crippen molar-refractivity contribution in [2.24, 2.45) is 57.4 Å². The average Bonchev–Trinajstić information content (AvgIpc) is 3.11. The van der Waals surface area contributed by atoms with Crippen molar-refractivity contribution in [3.63, 3.8) is 0 Å². The summed E-state index contributed by atoms with van der Waals surface area (Å²) in [5.41, 5.74) is 0.371. The van der Waals surface area contributed by atoms with E-state index in [2.05, 4.69) is 33.0 Å². The predicted molar refractivity (Wildman–Crippen MR) is 135 cm³/mol. The zero-order chi connectivity index (χ0) is 25.8. The Hall–Kier alpha value is -0.900. The van der Waals surface area contributed by atoms with Crippen LogP contribution in [0, 0.1) is 52.3 Å². The summed E-state index contributed by atoms with van der Waals surface area (Å²) >= 11 is 0. The number of aliphatic hydroxyl groups is 2. The number of aliphatic hydroxyl groups excluding tert-OH is 2. The second-order valence-electron chi connectivity index (χ2n) is 12.8. The summed E-state index contributed by atoms with van der Waals surface area (Å²) in [6.45, 7) is 9.75. The van der Waals surface area contributed by atoms with Crippen LogP contribution in [0.4, 0.5) is 4.79 Å². The predicted octanol–water partition coefficient (Wildman–Crippen LogP) is 3.14. The summed E-state index contributed by atoms with van der Waals surface area (Å²) in [4.78, 5) is 11.7. The van der Waals surface area contributed by atoms with Gasteiger partial charge in [-0.15, -0.1) is 0 Å². The van der Waals surface area contributed by atoms with Crippen LogP contribution in [-0.4, -0.2) is 43.4 Å². The minimum absolute atomic E-state index is 0.167. The maximum atomic E-state index is 11.8. The largest absolute Gasteiger partial charge is 0.393 e. The first-order chi connectivity index (χ1) is 16.3. The van der Waals surface area contributed by atoms with E-state index in [-0.39, 0.29) is 29.0 Å². The van der Waals surface area contributed by atoms with Crippen LogP contribution >= 0.6 is 0 Å². The van der Waals surface area contributed by atoms with Gasteiger partial charge in [-0.1, -0.05) is 34.1 Å². The first-order valence-corrected chi connectivity index (χ1v) is 15.3. The van der Waals surface area contributed by atoms with Gasteiger partial charge in [-0.2, -0.15) is 8.42 Å². The van der Waals surface area contributed by atoms with Crippen LogP contribution in [0.15, 0.2) is 0 Å². The van der Waals surface area contributed by atoms with Crippen molar-refractivity contribution in [2.75, 3.05) is 6.54 Å². The van der Waals surface area contributed by atoms with E-state index in [9.17, 15) is 23.4 Å². The molecule has 0 bridgehead atoms. The Morgan fingerprint density at radius 2 is 1.71 bits per heavy atom. The van der Waals surface area contributed by atoms with Crippen molar-refractivity contribution in [3.8, 4) is 0 Å². The third kappa shape index (κ3) is 4.87. The Labute approximate surface area is 211 Å². The number of urea groups is 1. The van der Waals surface area contributed by atoms with Gasteiger partial charge in [0.15, 0.2) is 0 Å². The third-order valence-corrected chi connectivity index (χ3v) is 11.7. The van der Waals surface area contributed by atoms with Crippen molar-refractivity contribution in [1.82, 2.24) is 10.0 Å². The Bertz CT molecular complexity index is 899. The maximum Gasteiger partial charge on any atom is 0.329 e. The quantitative estimate of drug-likeness (QED) is 0.371. The second-order valence-corrected chi connectivity index (χ2v) is 14.1. The molecule has 0 spiro atoms. The van der Waals surface area contributed by atoms with Crippen molar-refractivity contribution >= 4 is 16.2 Å². The van der Waals surface area contributed by atoms with E-state index >= 15 is 0 Å². The smallest absolute Gasteiger partial charge is 0.329 e. The van der Waals surface area contributed by atoms with Crippen molar-refractivity contribution in [2.45, 2.75) is 97.7 Å². The molecule has 0 aliphatic heterocycles. The number of fused-ring (bicyclic) bond motifs is 5. The Morgan fingerprint density at radius 1 is 1.06 bits per heavy atom. The van der Waals surface area contributed by atoms with E-state index in [0.717, 1.165) is 51.4 Å². The SMILES string of the molecule is CC[C@H]1[C@@H](O)[C@@H]2[C@H](CC[C@]3(C)[C@@H]([C@H](C)CCNC(=O)NS(N)(=O)=O)CC[C@@H]23)[C@@]2(C)CC[C@@H](O)C[C@@H]12. The molecule has 8 nitrogen and oxygen atoms in total. The fourth-order valence-electron chi connectivity index (χ4n) is 9.71. The average molecular weight is 514 g/mol. The topological polar surface area (TPSA) is 142 Å². The number of nitrogens with one attached hydrogen (secondary N) is 2. The summed E-state index contributed by atoms with van der Waals surface area (Å²) in [6, 6.07) is -0.785. The van der Waals surface area contributed by atoms with Gasteiger partial charge in [0.25, 0.3) is 10.2 Å². The first kappa shape index (κ1) is 27.1. The monoisotopic (exact) mass is 513 g/mol. The zero-order valence-corrected chi connectivity index (χ0v) is 22.7. The fraction of sp³-hybridized carbons (Fsp3) is 0.962. The fourth-order valence-corrected chi connectivity index (χ4v) is 10.0. The van der Waals surface area contributed by atoms with Gasteiger partial charge in [0.05, 0.1) is 12.2 Å². The summed E-state index contributed by atoms with van der Waals surface area (Å²) in [6.07, 6.45) is 8.60. The molecule has 0 heterocycles. The second kappa shape index (κ2) is 9.76. The molecule has 202 valence electrons. The Kier molecular flexibility index (Phi) is 7.57. The van der Waals surface area contributed by atoms with Crippen molar-refractivity contribution < 1.29 is 23.4 Å². The molecule has 2 amide bonds. The lowest BCUT2D eigenvalue weighted by molar-refractivity contribution is -0.203. The van der Waals surface area contributed by atoms with Crippen molar-refractivity contribution in [3.05, 3.63) is 0 Å². The lowest BCUT2D eigenvalue weighted by Gasteiger charge is -2.64. The molecule has 4 saturated carbocycles. The molecule has 11 atom stereocenters. The number of amides is 2. The van der Waals surface area contributed by atoms with E-state index in [1.54, 1.807) is 4.72 Å². The van der Waals surface area contributed by atoms with Crippen molar-refractivity contribution in [1.29, 1.82) is 0 Å². The molecule has 0 saturated heterocycles. The molecule has 4 aliphatic rings. The van der Waals surface area contributed by atoms with E-state index in [4.69, 9.17) is 5.14 Å². The zero-order valence-electron chi connectivity index (χ0n) is 21.9. The first-order valence-electron chi connectivity index (χ1n) is 13.8. The molecular formula is C26H47N3O5S. The van der Waals surface area contributed by atoms with Crippen LogP contribution in [0.3, 0.4) is 0 Å². The standard InChI is InChI=1S/C26H47N3O5S/c1-5-17-21-14-16(30)8-11-26(21,4)20-9-12-25(3)18(6-7-19(25)22(20)23(17)31)15(2)10-13-28-24(32)29-35(27,33)34/h15-23,30-31H,5-14H2,1-4H3,(H2,27,33,34)(H2,28,29,32)/t15-,16-,17-,18-,19+,20+,21+,22+,23-,25-,26-/m1/s1. The number of rotatable bonds is 6. The minimum Gasteiger partial charge on any atom is -0.393 e. The summed E-state index contributed by atoms with van der Waals surface area (Å²) in [7, 11) is -4.06. The number of carbonyl (C=O) groups excluding carboxylic acids is 1. The molecule has 4 fully saturated rings. The highest BCUT2D eigenvalue weighted by Gasteiger charge is 2.64. The molecule has 35 heavy (non-hydrogen) atoms. The van der Waals surface area contributed by atoms with Crippen LogP contribution in [0.25, 0.3) is 0 Å². The van der Waals surface area contributed by atoms with E-state index in [0.29, 0.717) is 42.1 Å². The molecule has 9 heteroatoms. The van der Waals surface area contributed by atoms with E-state index in [1.165, 1.54) is 6.42 Å². The minimum atomic E-state index is -4.06. The van der Waals surface area contributed by atoms with Gasteiger partial charge in [-0.3, -0.25) is 0 Å². The molecule has 0 radical (unpaired) electrons. The van der Waals surface area contributed by atoms with Crippen LogP contribution in [0.2, 0.25) is 0 Å². The number of hydrogen-bond donors (Lipinski definition) is 5. The Morgan fingerprint density at radius 3 is 2.37 bits per heavy atom. The molecule has 0 aromatic carbocycles. The molecular weight excluding hydrogens is 466 g/mol. The van der Waals surface area contributed by atoms with Gasteiger partial charge in [0.1, 0.15) is 0 Å². The van der Waals surface area contributed by atoms with Crippen LogP contribution in [0.1, 0.15) is 85.5 Å². The highest BCUT2D eigenvalue weighted by Crippen LogP contribution is 2.69. The van der Waals surface area contributed by atoms with Gasteiger partial charge in [-0.25, -0.2) is 14.7 Å². The highest BCUT2D eigenvalue weighted by atomic mass is 32.2. The molecule has 6 N–H and O–H groups in total. The molecule has 0 aromatic rings. The number of nitrogens with two attached hydrogens (primary N) is 1. The summed E-state index contributed by atoms with van der Waals surface area (Å²) in [5.74, 6) is 2.91. The number of carbonyl (C=O) groups is 1. The normalized spacial score (nSPS) is 46.1. The van der Waals surface area contributed by atoms with Crippen LogP contribution in [-0.2, 0) is 10.2 Å². The van der Waals surface area contributed by atoms with Crippen LogP contribution in [0.5, 0.6) is 0 Å². The Balaban J connectivity index is 1.47. The highest BCUT2D eigenvalue weighted by molar-refractivity contribution is 7.87. The lowest BCUT2D eigenvalue weighted by Crippen LogP contribution is -2.62. The summed E-state index contributed by atoms with van der Waals surface area (Å²) in [5, 5.41) is 29.7. The van der Waals surface area contributed by atoms with Gasteiger partial charge in [-0.05, 0) is 104 Å². The van der Waals surface area contributed by atoms with Gasteiger partial charge in [0, 0.05) is 6.54 Å². The van der Waals surface area contributed by atoms with Gasteiger partial charge in [0.2, 0.25) is 0 Å². The molecule has 0 aromatic heterocycles. The van der Waals surface area contributed by atoms with Crippen LogP contribution < -0.4 is 15.2 Å². The van der Waals surface area contributed by atoms with E-state index < -0.39 is 16.2 Å². The lowest BCUT2D eigenvalue weighted by atomic mass is 9.41. The maximum absolute atomic E-state index is 11.8. The molecule has 4 aliphatic carbocycles. The van der Waals surface area contributed by atoms with Gasteiger partial charge < -0.3 is 15.5 Å². The summed E-state index contributed by atoms with van der Waals surface area (Å²) < 4.78 is 23.8. The molecule has 0 unspecified atom stereocenters. The molecule has 4 rings (SSSR count).